The highest BCUT2D eigenvalue weighted by Crippen LogP contribution is 2.27. The van der Waals surface area contributed by atoms with Crippen LogP contribution in [-0.2, 0) is 10.0 Å². The highest BCUT2D eigenvalue weighted by molar-refractivity contribution is 7.89. The number of rotatable bonds is 5. The van der Waals surface area contributed by atoms with Crippen molar-refractivity contribution in [3.05, 3.63) is 58.6 Å². The van der Waals surface area contributed by atoms with Gasteiger partial charge in [-0.2, -0.15) is 4.31 Å². The molecule has 0 aliphatic carbocycles. The van der Waals surface area contributed by atoms with Crippen molar-refractivity contribution in [1.82, 2.24) is 4.31 Å². The number of carbonyl (C=O) groups is 2. The van der Waals surface area contributed by atoms with Gasteiger partial charge in [-0.25, -0.2) is 13.2 Å². The van der Waals surface area contributed by atoms with E-state index in [1.54, 1.807) is 12.1 Å². The van der Waals surface area contributed by atoms with E-state index >= 15 is 0 Å². The Morgan fingerprint density at radius 1 is 1.10 bits per heavy atom. The summed E-state index contributed by atoms with van der Waals surface area (Å²) in [5, 5.41) is 11.8. The topological polar surface area (TPSA) is 104 Å². The van der Waals surface area contributed by atoms with Crippen LogP contribution in [-0.4, -0.2) is 42.8 Å². The molecule has 7 nitrogen and oxygen atoms in total. The van der Waals surface area contributed by atoms with Gasteiger partial charge >= 0.3 is 5.97 Å². The first-order valence-electron chi connectivity index (χ1n) is 9.13. The molecule has 0 unspecified atom stereocenters. The molecule has 3 rings (SSSR count). The first-order chi connectivity index (χ1) is 13.7. The first-order valence-corrected chi connectivity index (χ1v) is 11.0. The van der Waals surface area contributed by atoms with Crippen molar-refractivity contribution in [1.29, 1.82) is 0 Å². The van der Waals surface area contributed by atoms with Crippen molar-refractivity contribution in [2.45, 2.75) is 24.7 Å². The second kappa shape index (κ2) is 8.52. The summed E-state index contributed by atoms with van der Waals surface area (Å²) in [6.07, 6.45) is 1.57. The molecule has 2 aromatic rings. The number of piperidine rings is 1. The van der Waals surface area contributed by atoms with Gasteiger partial charge in [0.05, 0.1) is 26.7 Å². The molecule has 9 heteroatoms. The second-order valence-electron chi connectivity index (χ2n) is 7.03. The van der Waals surface area contributed by atoms with Crippen LogP contribution in [0.25, 0.3) is 0 Å². The molecule has 0 bridgehead atoms. The van der Waals surface area contributed by atoms with Crippen LogP contribution < -0.4 is 5.32 Å². The van der Waals surface area contributed by atoms with E-state index in [1.807, 2.05) is 0 Å². The van der Waals surface area contributed by atoms with Crippen molar-refractivity contribution < 1.29 is 23.1 Å². The predicted octanol–water partition coefficient (Wildman–Crippen LogP) is 3.71. The van der Waals surface area contributed by atoms with Crippen LogP contribution in [0.3, 0.4) is 0 Å². The number of nitrogens with one attached hydrogen (secondary N) is 1. The molecule has 0 radical (unpaired) electrons. The van der Waals surface area contributed by atoms with Gasteiger partial charge in [-0.3, -0.25) is 4.79 Å². The SMILES string of the molecule is CC1CCN(S(=O)(=O)c2ccc(Cl)c(C(=O)Nc3ccccc3C(=O)O)c2)CC1. The highest BCUT2D eigenvalue weighted by atomic mass is 35.5. The molecule has 1 amide bonds. The third kappa shape index (κ3) is 4.60. The summed E-state index contributed by atoms with van der Waals surface area (Å²) in [5.74, 6) is -1.40. The van der Waals surface area contributed by atoms with Gasteiger partial charge in [-0.05, 0) is 49.1 Å². The number of sulfonamides is 1. The van der Waals surface area contributed by atoms with Crippen molar-refractivity contribution in [3.8, 4) is 0 Å². The molecule has 1 saturated heterocycles. The van der Waals surface area contributed by atoms with E-state index in [0.29, 0.717) is 19.0 Å². The van der Waals surface area contributed by atoms with E-state index in [2.05, 4.69) is 12.2 Å². The standard InChI is InChI=1S/C20H21ClN2O5S/c1-13-8-10-23(11-9-13)29(27,28)14-6-7-17(21)16(12-14)19(24)22-18-5-3-2-4-15(18)20(25)26/h2-7,12-13H,8-11H2,1H3,(H,22,24)(H,25,26). The molecule has 1 aliphatic rings. The monoisotopic (exact) mass is 436 g/mol. The first kappa shape index (κ1) is 21.3. The average molecular weight is 437 g/mol. The molecule has 154 valence electrons. The minimum absolute atomic E-state index is 0.0203. The number of halogens is 1. The summed E-state index contributed by atoms with van der Waals surface area (Å²) >= 11 is 6.13. The number of hydrogen-bond acceptors (Lipinski definition) is 4. The Labute approximate surface area is 174 Å². The lowest BCUT2D eigenvalue weighted by atomic mass is 10.0. The van der Waals surface area contributed by atoms with E-state index in [4.69, 9.17) is 11.6 Å². The fraction of sp³-hybridized carbons (Fsp3) is 0.300. The zero-order valence-corrected chi connectivity index (χ0v) is 17.3. The molecule has 0 spiro atoms. The van der Waals surface area contributed by atoms with Crippen LogP contribution >= 0.6 is 11.6 Å². The maximum Gasteiger partial charge on any atom is 0.337 e. The lowest BCUT2D eigenvalue weighted by Crippen LogP contribution is -2.37. The fourth-order valence-electron chi connectivity index (χ4n) is 3.18. The van der Waals surface area contributed by atoms with Crippen LogP contribution in [0.4, 0.5) is 5.69 Å². The molecule has 1 heterocycles. The summed E-state index contributed by atoms with van der Waals surface area (Å²) < 4.78 is 27.3. The predicted molar refractivity (Wildman–Crippen MR) is 110 cm³/mol. The Kier molecular flexibility index (Phi) is 6.26. The number of hydrogen-bond donors (Lipinski definition) is 2. The molecule has 0 saturated carbocycles. The number of carbonyl (C=O) groups excluding carboxylic acids is 1. The number of anilines is 1. The lowest BCUT2D eigenvalue weighted by molar-refractivity contribution is 0.0698. The van der Waals surface area contributed by atoms with E-state index in [0.717, 1.165) is 12.8 Å². The number of aromatic carboxylic acids is 1. The number of nitrogens with zero attached hydrogens (tertiary/aromatic N) is 1. The molecule has 0 atom stereocenters. The smallest absolute Gasteiger partial charge is 0.337 e. The van der Waals surface area contributed by atoms with Crippen molar-refractivity contribution in [3.63, 3.8) is 0 Å². The van der Waals surface area contributed by atoms with Gasteiger partial charge in [0.15, 0.2) is 0 Å². The van der Waals surface area contributed by atoms with E-state index in [1.165, 1.54) is 34.6 Å². The van der Waals surface area contributed by atoms with E-state index in [9.17, 15) is 23.1 Å². The second-order valence-corrected chi connectivity index (χ2v) is 9.38. The number of benzene rings is 2. The maximum atomic E-state index is 13.0. The Bertz CT molecular complexity index is 1050. The normalized spacial score (nSPS) is 15.8. The number of carboxylic acids is 1. The number of para-hydroxylation sites is 1. The van der Waals surface area contributed by atoms with Crippen LogP contribution in [0.15, 0.2) is 47.4 Å². The summed E-state index contributed by atoms with van der Waals surface area (Å²) in [5.41, 5.74) is -0.0270. The molecule has 0 aromatic heterocycles. The fourth-order valence-corrected chi connectivity index (χ4v) is 4.88. The quantitative estimate of drug-likeness (QED) is 0.743. The van der Waals surface area contributed by atoms with Gasteiger partial charge in [0, 0.05) is 13.1 Å². The lowest BCUT2D eigenvalue weighted by Gasteiger charge is -2.29. The summed E-state index contributed by atoms with van der Waals surface area (Å²) in [6.45, 7) is 2.95. The molecule has 29 heavy (non-hydrogen) atoms. The third-order valence-electron chi connectivity index (χ3n) is 4.97. The minimum Gasteiger partial charge on any atom is -0.478 e. The molecule has 2 aromatic carbocycles. The Morgan fingerprint density at radius 3 is 2.41 bits per heavy atom. The Hall–Kier alpha value is -2.42. The zero-order valence-electron chi connectivity index (χ0n) is 15.8. The van der Waals surface area contributed by atoms with Crippen LogP contribution in [0.1, 0.15) is 40.5 Å². The minimum atomic E-state index is -3.75. The van der Waals surface area contributed by atoms with Gasteiger partial charge in [-0.1, -0.05) is 30.7 Å². The largest absolute Gasteiger partial charge is 0.478 e. The van der Waals surface area contributed by atoms with Gasteiger partial charge < -0.3 is 10.4 Å². The molecular formula is C20H21ClN2O5S. The molecule has 1 fully saturated rings. The molecular weight excluding hydrogens is 416 g/mol. The maximum absolute atomic E-state index is 13.0. The van der Waals surface area contributed by atoms with E-state index < -0.39 is 21.9 Å². The molecule has 1 aliphatic heterocycles. The van der Waals surface area contributed by atoms with Gasteiger partial charge in [0.1, 0.15) is 0 Å². The number of amides is 1. The van der Waals surface area contributed by atoms with Gasteiger partial charge in [-0.15, -0.1) is 0 Å². The Morgan fingerprint density at radius 2 is 1.76 bits per heavy atom. The zero-order chi connectivity index (χ0) is 21.2. The third-order valence-corrected chi connectivity index (χ3v) is 7.19. The van der Waals surface area contributed by atoms with Crippen molar-refractivity contribution in [2.75, 3.05) is 18.4 Å². The highest BCUT2D eigenvalue weighted by Gasteiger charge is 2.29. The van der Waals surface area contributed by atoms with Crippen LogP contribution in [0, 0.1) is 5.92 Å². The van der Waals surface area contributed by atoms with Crippen LogP contribution in [0.5, 0.6) is 0 Å². The van der Waals surface area contributed by atoms with Crippen molar-refractivity contribution >= 4 is 39.2 Å². The summed E-state index contributed by atoms with van der Waals surface area (Å²) in [7, 11) is -3.75. The number of carboxylic acid groups (broad SMARTS) is 1. The summed E-state index contributed by atoms with van der Waals surface area (Å²) in [4.78, 5) is 24.0. The van der Waals surface area contributed by atoms with Crippen LogP contribution in [0.2, 0.25) is 5.02 Å². The van der Waals surface area contributed by atoms with Gasteiger partial charge in [0.2, 0.25) is 10.0 Å². The molecule has 2 N–H and O–H groups in total. The summed E-state index contributed by atoms with van der Waals surface area (Å²) in [6, 6.07) is 9.90. The Balaban J connectivity index is 1.89. The van der Waals surface area contributed by atoms with Gasteiger partial charge in [0.25, 0.3) is 5.91 Å². The van der Waals surface area contributed by atoms with Crippen molar-refractivity contribution in [2.24, 2.45) is 5.92 Å². The van der Waals surface area contributed by atoms with E-state index in [-0.39, 0.29) is 26.7 Å². The average Bonchev–Trinajstić information content (AvgIpc) is 2.68.